The summed E-state index contributed by atoms with van der Waals surface area (Å²) < 4.78 is 11.0. The normalized spacial score (nSPS) is 18.0. The zero-order valence-corrected chi connectivity index (χ0v) is 30.9. The lowest BCUT2D eigenvalue weighted by atomic mass is 9.98. The van der Waals surface area contributed by atoms with Crippen LogP contribution in [0.2, 0.25) is 0 Å². The van der Waals surface area contributed by atoms with Crippen LogP contribution in [0.1, 0.15) is 76.7 Å². The van der Waals surface area contributed by atoms with Gasteiger partial charge in [-0.2, -0.15) is 0 Å². The highest BCUT2D eigenvalue weighted by Crippen LogP contribution is 2.49. The summed E-state index contributed by atoms with van der Waals surface area (Å²) in [5.41, 5.74) is 5.59. The van der Waals surface area contributed by atoms with E-state index >= 15 is 0 Å². The van der Waals surface area contributed by atoms with Crippen molar-refractivity contribution in [2.75, 3.05) is 33.3 Å². The van der Waals surface area contributed by atoms with Gasteiger partial charge in [0, 0.05) is 52.3 Å². The van der Waals surface area contributed by atoms with E-state index in [1.807, 2.05) is 68.1 Å². The highest BCUT2D eigenvalue weighted by atomic mass is 16.5. The Morgan fingerprint density at radius 1 is 1.06 bits per heavy atom. The first-order chi connectivity index (χ1) is 25.6. The molecule has 1 saturated carbocycles. The Hall–Kier alpha value is -5.59. The number of benzene rings is 2. The molecule has 0 radical (unpaired) electrons. The van der Waals surface area contributed by atoms with Crippen molar-refractivity contribution in [3.63, 3.8) is 0 Å². The largest absolute Gasteiger partial charge is 0.456 e. The molecule has 6 rings (SSSR count). The van der Waals surface area contributed by atoms with Crippen LogP contribution in [0.3, 0.4) is 0 Å². The Labute approximate surface area is 309 Å². The molecule has 13 nitrogen and oxygen atoms in total. The maximum absolute atomic E-state index is 13.2. The molecule has 13 heteroatoms. The summed E-state index contributed by atoms with van der Waals surface area (Å²) in [5.74, 6) is 0.625. The average molecular weight is 724 g/mol. The van der Waals surface area contributed by atoms with Gasteiger partial charge in [0.05, 0.1) is 38.1 Å². The number of hydrogen-bond acceptors (Lipinski definition) is 8. The number of methoxy groups -OCH3 is 1. The minimum atomic E-state index is -0.632. The lowest BCUT2D eigenvalue weighted by molar-refractivity contribution is -0.135. The molecule has 4 aromatic rings. The van der Waals surface area contributed by atoms with Crippen LogP contribution >= 0.6 is 0 Å². The molecular formula is C40H49N7O6. The van der Waals surface area contributed by atoms with Crippen molar-refractivity contribution in [3.8, 4) is 11.3 Å². The second-order valence-electron chi connectivity index (χ2n) is 13.8. The van der Waals surface area contributed by atoms with Crippen molar-refractivity contribution in [1.82, 2.24) is 35.7 Å². The molecule has 2 bridgehead atoms. The van der Waals surface area contributed by atoms with Gasteiger partial charge < -0.3 is 39.9 Å². The molecule has 280 valence electrons. The zero-order chi connectivity index (χ0) is 37.6. The third-order valence-electron chi connectivity index (χ3n) is 10.2. The van der Waals surface area contributed by atoms with Crippen LogP contribution in [0.15, 0.2) is 65.4 Å². The first kappa shape index (κ1) is 37.2. The second-order valence-corrected chi connectivity index (χ2v) is 13.8. The number of fused-ring (bicyclic) bond motifs is 5. The number of allylic oxidation sites excluding steroid dienone is 1. The van der Waals surface area contributed by atoms with Crippen molar-refractivity contribution < 1.29 is 28.3 Å². The molecule has 1 aliphatic carbocycles. The van der Waals surface area contributed by atoms with Crippen LogP contribution in [0.5, 0.6) is 0 Å². The number of imidazole rings is 1. The van der Waals surface area contributed by atoms with E-state index in [4.69, 9.17) is 9.40 Å². The molecule has 2 aliphatic rings. The summed E-state index contributed by atoms with van der Waals surface area (Å²) >= 11 is 0. The Kier molecular flexibility index (Phi) is 11.5. The Bertz CT molecular complexity index is 2050. The molecule has 2 aromatic heterocycles. The van der Waals surface area contributed by atoms with Crippen molar-refractivity contribution in [3.05, 3.63) is 72.3 Å². The molecule has 2 fully saturated rings. The number of nitrogens with one attached hydrogen (secondary N) is 4. The van der Waals surface area contributed by atoms with Crippen molar-refractivity contribution >= 4 is 51.5 Å². The number of aromatic amines is 1. The summed E-state index contributed by atoms with van der Waals surface area (Å²) in [4.78, 5) is 61.4. The number of alkyl carbamates (subject to hydrolysis) is 1. The molecular weight excluding hydrogens is 674 g/mol. The predicted octanol–water partition coefficient (Wildman–Crippen LogP) is 6.00. The third-order valence-corrected chi connectivity index (χ3v) is 10.2. The number of carbonyl (C=O) groups is 4. The molecule has 2 aromatic carbocycles. The van der Waals surface area contributed by atoms with Gasteiger partial charge in [0.15, 0.2) is 0 Å². The number of hydrogen-bond donors (Lipinski definition) is 4. The molecule has 1 aliphatic heterocycles. The van der Waals surface area contributed by atoms with Crippen LogP contribution in [0.4, 0.5) is 4.79 Å². The van der Waals surface area contributed by atoms with E-state index in [-0.39, 0.29) is 42.9 Å². The van der Waals surface area contributed by atoms with Gasteiger partial charge in [0.2, 0.25) is 17.7 Å². The minimum Gasteiger partial charge on any atom is -0.456 e. The highest BCUT2D eigenvalue weighted by molar-refractivity contribution is 6.06. The number of H-pyrrole nitrogens is 1. The predicted molar refractivity (Wildman–Crippen MR) is 203 cm³/mol. The molecule has 0 spiro atoms. The summed E-state index contributed by atoms with van der Waals surface area (Å²) in [7, 11) is 1.28. The van der Waals surface area contributed by atoms with E-state index in [1.165, 1.54) is 7.11 Å². The van der Waals surface area contributed by atoms with Crippen molar-refractivity contribution in [2.45, 2.75) is 71.4 Å². The number of likely N-dealkylation sites (tertiary alicyclic amines) is 1. The quantitative estimate of drug-likeness (QED) is 0.116. The minimum absolute atomic E-state index is 0.0345. The summed E-state index contributed by atoms with van der Waals surface area (Å²) in [6.45, 7) is 10.8. The van der Waals surface area contributed by atoms with E-state index in [1.54, 1.807) is 11.1 Å². The van der Waals surface area contributed by atoms with Gasteiger partial charge in [0.1, 0.15) is 23.5 Å². The Balaban J connectivity index is 1.15. The smallest absolute Gasteiger partial charge is 0.407 e. The number of nitrogens with zero attached hydrogens (tertiary/aromatic N) is 3. The van der Waals surface area contributed by atoms with Crippen LogP contribution in [-0.4, -0.2) is 82.9 Å². The van der Waals surface area contributed by atoms with Gasteiger partial charge in [-0.05, 0) is 69.2 Å². The van der Waals surface area contributed by atoms with Crippen LogP contribution < -0.4 is 16.0 Å². The van der Waals surface area contributed by atoms with Gasteiger partial charge in [-0.3, -0.25) is 14.4 Å². The second kappa shape index (κ2) is 16.4. The van der Waals surface area contributed by atoms with Crippen LogP contribution in [-0.2, 0) is 19.1 Å². The lowest BCUT2D eigenvalue weighted by Crippen LogP contribution is -2.45. The van der Waals surface area contributed by atoms with Crippen LogP contribution in [0.25, 0.3) is 38.9 Å². The van der Waals surface area contributed by atoms with E-state index in [0.29, 0.717) is 31.1 Å². The number of piperidine rings is 1. The van der Waals surface area contributed by atoms with Crippen molar-refractivity contribution in [1.29, 1.82) is 0 Å². The number of rotatable bonds is 15. The number of ether oxygens (including phenoxy) is 1. The van der Waals surface area contributed by atoms with E-state index < -0.39 is 6.09 Å². The van der Waals surface area contributed by atoms with Crippen molar-refractivity contribution in [2.24, 2.45) is 5.92 Å². The fraction of sp³-hybridized carbons (Fsp3) is 0.425. The van der Waals surface area contributed by atoms with Gasteiger partial charge in [-0.1, -0.05) is 38.6 Å². The fourth-order valence-corrected chi connectivity index (χ4v) is 7.69. The maximum atomic E-state index is 13.2. The third kappa shape index (κ3) is 8.08. The summed E-state index contributed by atoms with van der Waals surface area (Å²) in [6.07, 6.45) is 7.93. The Morgan fingerprint density at radius 2 is 1.83 bits per heavy atom. The summed E-state index contributed by atoms with van der Waals surface area (Å²) in [6, 6.07) is 12.1. The number of carbonyl (C=O) groups excluding carboxylic acids is 4. The molecule has 0 unspecified atom stereocenters. The highest BCUT2D eigenvalue weighted by Gasteiger charge is 2.49. The number of furan rings is 1. The van der Waals surface area contributed by atoms with Gasteiger partial charge in [-0.15, -0.1) is 0 Å². The molecule has 1 saturated heterocycles. The number of aromatic nitrogens is 2. The van der Waals surface area contributed by atoms with E-state index in [9.17, 15) is 19.2 Å². The SMILES string of the molecule is C=C(CN(CCC)C(=O)CNC(=O)CCC)N/C(=C\C)c1ccc2c(c1)oc1cc(-c3cnc([C@@H]4[C@H]5CC[C@H](C5)N4C(=O)CNC(=O)OC)[nH]3)ccc12. The molecule has 3 heterocycles. The van der Waals surface area contributed by atoms with Gasteiger partial charge in [0.25, 0.3) is 0 Å². The van der Waals surface area contributed by atoms with Gasteiger partial charge >= 0.3 is 6.09 Å². The number of amides is 4. The average Bonchev–Trinajstić information content (AvgIpc) is 3.97. The first-order valence-corrected chi connectivity index (χ1v) is 18.4. The standard InChI is InChI=1S/C40H49N7O6/c1-6-9-35(48)41-21-36(49)46(16-7-2)23-24(4)44-31(8-3)25-11-14-29-30-15-12-26(19-34(30)53-33(29)18-25)32-20-42-39(45-32)38-27-10-13-28(17-27)47(38)37(50)22-43-40(51)52-5/h8,11-12,14-15,18-20,27-28,38,44H,4,6-7,9-10,13,16-17,21-23H2,1-3,5H3,(H,41,48)(H,42,45)(H,43,51)/b31-8-/t27-,28+,38-/m0/s1. The monoisotopic (exact) mass is 723 g/mol. The Morgan fingerprint density at radius 3 is 2.57 bits per heavy atom. The zero-order valence-electron chi connectivity index (χ0n) is 30.9. The fourth-order valence-electron chi connectivity index (χ4n) is 7.69. The maximum Gasteiger partial charge on any atom is 0.407 e. The topological polar surface area (TPSA) is 162 Å². The molecule has 4 N–H and O–H groups in total. The van der Waals surface area contributed by atoms with E-state index in [2.05, 4.69) is 32.3 Å². The van der Waals surface area contributed by atoms with Gasteiger partial charge in [-0.25, -0.2) is 9.78 Å². The molecule has 3 atom stereocenters. The first-order valence-electron chi connectivity index (χ1n) is 18.4. The van der Waals surface area contributed by atoms with E-state index in [0.717, 1.165) is 82.4 Å². The molecule has 53 heavy (non-hydrogen) atoms. The molecule has 4 amide bonds. The lowest BCUT2D eigenvalue weighted by Gasteiger charge is -2.34. The van der Waals surface area contributed by atoms with Crippen LogP contribution in [0, 0.1) is 5.92 Å². The summed E-state index contributed by atoms with van der Waals surface area (Å²) in [5, 5.41) is 10.6.